The Kier molecular flexibility index (Phi) is 36.4. The summed E-state index contributed by atoms with van der Waals surface area (Å²) in [5, 5.41) is 76.0. The Morgan fingerprint density at radius 2 is 0.871 bits per heavy atom. The minimum atomic E-state index is -0.0574. The quantitative estimate of drug-likeness (QED) is 0.138. The van der Waals surface area contributed by atoms with Gasteiger partial charge in [-0.25, -0.2) is 0 Å². The fraction of sp³-hybridized carbons (Fsp3) is 1.00. The van der Waals surface area contributed by atoms with Crippen LogP contribution in [0.2, 0.25) is 0 Å². The fourth-order valence-corrected chi connectivity index (χ4v) is 16.2. The van der Waals surface area contributed by atoms with E-state index < -0.39 is 0 Å². The maximum Gasteiger partial charge on any atom is 0.0571 e. The molecule has 8 N–H and O–H groups in total. The zero-order valence-corrected chi connectivity index (χ0v) is 61.4. The summed E-state index contributed by atoms with van der Waals surface area (Å²) in [7, 11) is 0. The van der Waals surface area contributed by atoms with Crippen molar-refractivity contribution in [2.75, 3.05) is 0 Å². The minimum absolute atomic E-state index is 0.0107. The van der Waals surface area contributed by atoms with Crippen LogP contribution in [0.1, 0.15) is 334 Å². The molecular formula is C77H154O8. The Hall–Kier alpha value is -0.320. The van der Waals surface area contributed by atoms with E-state index in [0.29, 0.717) is 73.9 Å². The highest BCUT2D eigenvalue weighted by atomic mass is 16.3. The summed E-state index contributed by atoms with van der Waals surface area (Å²) in [6.45, 7) is 56.2. The van der Waals surface area contributed by atoms with E-state index in [4.69, 9.17) is 0 Å². The fourth-order valence-electron chi connectivity index (χ4n) is 16.2. The molecule has 19 unspecified atom stereocenters. The van der Waals surface area contributed by atoms with E-state index in [1.807, 2.05) is 0 Å². The maximum atomic E-state index is 9.79. The van der Waals surface area contributed by atoms with Gasteiger partial charge in [0.15, 0.2) is 0 Å². The van der Waals surface area contributed by atoms with Crippen LogP contribution in [-0.4, -0.2) is 89.7 Å². The lowest BCUT2D eigenvalue weighted by Gasteiger charge is -2.43. The van der Waals surface area contributed by atoms with E-state index in [0.717, 1.165) is 106 Å². The molecule has 8 aliphatic rings. The first kappa shape index (κ1) is 82.7. The monoisotopic (exact) mass is 1210 g/mol. The summed E-state index contributed by atoms with van der Waals surface area (Å²) in [5.74, 6) is 8.54. The van der Waals surface area contributed by atoms with Gasteiger partial charge in [0, 0.05) is 0 Å². The van der Waals surface area contributed by atoms with Crippen LogP contribution in [0, 0.1) is 109 Å². The standard InChI is InChI=1S/2C11H22O.C10H20O.5C9H18O/c1-8(2)6-10-4-5-11(12)7-9(10)3;1-8(2)7-10-9(3)5-4-6-11(10)12;1-7-8(2)10(3,4)6-5-9(7)11;1-7-4-8(10)6-9(2,3)5-7;1-7-6-9(2,3)5-4-8(7)10;1-7-4-5-9(2,3)6-8(7)10;1-7-4-5-8(10)6-9(7,2)3;1-7-8(10)5-4-6-9(7,2)3/h2*8-12H,4-7H2,1-3H3;7-9,11H,5-6H2,1-4H3;5*7-8,10H,4-6H2,1-3H3. The molecule has 510 valence electrons. The first-order valence-electron chi connectivity index (χ1n) is 36.2. The van der Waals surface area contributed by atoms with Crippen LogP contribution in [0.25, 0.3) is 0 Å². The number of aliphatic hydroxyl groups is 8. The second-order valence-corrected chi connectivity index (χ2v) is 36.4. The topological polar surface area (TPSA) is 162 Å². The summed E-state index contributed by atoms with van der Waals surface area (Å²) in [6.07, 6.45) is 27.9. The molecule has 0 aliphatic heterocycles. The average molecular weight is 1210 g/mol. The first-order valence-corrected chi connectivity index (χ1v) is 36.2. The molecule has 0 radical (unpaired) electrons. The molecule has 8 rings (SSSR count). The molecule has 0 saturated heterocycles. The molecule has 8 aliphatic carbocycles. The van der Waals surface area contributed by atoms with E-state index in [1.54, 1.807) is 0 Å². The molecular weight excluding hydrogens is 1050 g/mol. The molecule has 19 atom stereocenters. The Morgan fingerprint density at radius 3 is 1.31 bits per heavy atom. The van der Waals surface area contributed by atoms with Crippen LogP contribution < -0.4 is 0 Å². The lowest BCUT2D eigenvalue weighted by molar-refractivity contribution is -0.0165. The smallest absolute Gasteiger partial charge is 0.0571 e. The normalized spacial score (nSPS) is 39.5. The molecule has 8 heteroatoms. The van der Waals surface area contributed by atoms with Gasteiger partial charge < -0.3 is 40.9 Å². The van der Waals surface area contributed by atoms with Crippen LogP contribution in [0.5, 0.6) is 0 Å². The molecule has 8 saturated carbocycles. The van der Waals surface area contributed by atoms with Crippen LogP contribution in [-0.2, 0) is 0 Å². The molecule has 0 amide bonds. The molecule has 0 heterocycles. The SMILES string of the molecule is CC(C)CC1C(C)CCCC1O.CC(C)CC1CCC(O)CC1C.CC1C(O)CCC(C)(C)C1C.CC1C(O)CCCC1(C)C.CC1CC(C)(C)CCC1O.CC1CC(O)CC(C)(C)C1.CC1CCC(C)(C)CC1O.CC1CCC(O)CC1(C)C. The molecule has 8 fully saturated rings. The predicted octanol–water partition coefficient (Wildman–Crippen LogP) is 19.1. The van der Waals surface area contributed by atoms with Gasteiger partial charge in [0.25, 0.3) is 0 Å². The van der Waals surface area contributed by atoms with Crippen molar-refractivity contribution in [3.8, 4) is 0 Å². The van der Waals surface area contributed by atoms with Crippen molar-refractivity contribution in [2.24, 2.45) is 109 Å². The molecule has 0 aromatic rings. The van der Waals surface area contributed by atoms with Gasteiger partial charge in [-0.1, -0.05) is 192 Å². The van der Waals surface area contributed by atoms with Crippen molar-refractivity contribution >= 4 is 0 Å². The van der Waals surface area contributed by atoms with Crippen molar-refractivity contribution in [3.63, 3.8) is 0 Å². The minimum Gasteiger partial charge on any atom is -0.393 e. The molecule has 0 aromatic heterocycles. The lowest BCUT2D eigenvalue weighted by Crippen LogP contribution is -2.39. The molecule has 0 bridgehead atoms. The Balaban J connectivity index is 0.000000486. The van der Waals surface area contributed by atoms with E-state index in [2.05, 4.69) is 173 Å². The zero-order chi connectivity index (χ0) is 65.8. The summed E-state index contributed by atoms with van der Waals surface area (Å²) >= 11 is 0. The highest BCUT2D eigenvalue weighted by Gasteiger charge is 2.39. The van der Waals surface area contributed by atoms with Gasteiger partial charge in [-0.3, -0.25) is 0 Å². The number of hydrogen-bond acceptors (Lipinski definition) is 8. The first-order chi connectivity index (χ1) is 38.7. The molecule has 0 aromatic carbocycles. The number of hydrogen-bond donors (Lipinski definition) is 8. The Labute approximate surface area is 530 Å². The van der Waals surface area contributed by atoms with Gasteiger partial charge in [-0.05, 0) is 251 Å². The predicted molar refractivity (Wildman–Crippen MR) is 365 cm³/mol. The van der Waals surface area contributed by atoms with Gasteiger partial charge in [0.1, 0.15) is 0 Å². The third kappa shape index (κ3) is 32.2. The zero-order valence-electron chi connectivity index (χ0n) is 61.4. The number of rotatable bonds is 4. The third-order valence-electron chi connectivity index (χ3n) is 23.8. The highest BCUT2D eigenvalue weighted by molar-refractivity contribution is 4.90. The van der Waals surface area contributed by atoms with E-state index in [-0.39, 0.29) is 48.8 Å². The van der Waals surface area contributed by atoms with Crippen molar-refractivity contribution in [1.29, 1.82) is 0 Å². The second kappa shape index (κ2) is 37.4. The van der Waals surface area contributed by atoms with Crippen LogP contribution in [0.15, 0.2) is 0 Å². The van der Waals surface area contributed by atoms with Crippen molar-refractivity contribution in [2.45, 2.75) is 382 Å². The van der Waals surface area contributed by atoms with Gasteiger partial charge in [0.05, 0.1) is 48.8 Å². The average Bonchev–Trinajstić information content (AvgIpc) is 3.57. The highest BCUT2D eigenvalue weighted by Crippen LogP contribution is 2.45. The van der Waals surface area contributed by atoms with Crippen LogP contribution in [0.4, 0.5) is 0 Å². The lowest BCUT2D eigenvalue weighted by atomic mass is 9.64. The van der Waals surface area contributed by atoms with Crippen molar-refractivity contribution < 1.29 is 40.9 Å². The summed E-state index contributed by atoms with van der Waals surface area (Å²) < 4.78 is 0. The van der Waals surface area contributed by atoms with Gasteiger partial charge in [0.2, 0.25) is 0 Å². The van der Waals surface area contributed by atoms with Crippen LogP contribution >= 0.6 is 0 Å². The van der Waals surface area contributed by atoms with Crippen LogP contribution in [0.3, 0.4) is 0 Å². The van der Waals surface area contributed by atoms with Gasteiger partial charge in [-0.2, -0.15) is 0 Å². The Bertz CT molecular complexity index is 1680. The van der Waals surface area contributed by atoms with Crippen molar-refractivity contribution in [3.05, 3.63) is 0 Å². The molecule has 0 spiro atoms. The summed E-state index contributed by atoms with van der Waals surface area (Å²) in [4.78, 5) is 0. The van der Waals surface area contributed by atoms with E-state index in [1.165, 1.54) is 89.9 Å². The van der Waals surface area contributed by atoms with Gasteiger partial charge >= 0.3 is 0 Å². The molecule has 85 heavy (non-hydrogen) atoms. The maximum absolute atomic E-state index is 9.79. The van der Waals surface area contributed by atoms with Crippen molar-refractivity contribution in [1.82, 2.24) is 0 Å². The third-order valence-corrected chi connectivity index (χ3v) is 23.8. The summed E-state index contributed by atoms with van der Waals surface area (Å²) in [5.41, 5.74) is 2.37. The summed E-state index contributed by atoms with van der Waals surface area (Å²) in [6, 6.07) is 0. The molecule has 8 nitrogen and oxygen atoms in total. The number of aliphatic hydroxyl groups excluding tert-OH is 8. The van der Waals surface area contributed by atoms with E-state index in [9.17, 15) is 40.9 Å². The second-order valence-electron chi connectivity index (χ2n) is 36.4. The Morgan fingerprint density at radius 1 is 0.341 bits per heavy atom. The van der Waals surface area contributed by atoms with E-state index >= 15 is 0 Å². The largest absolute Gasteiger partial charge is 0.393 e. The van der Waals surface area contributed by atoms with Gasteiger partial charge in [-0.15, -0.1) is 0 Å².